The van der Waals surface area contributed by atoms with Gasteiger partial charge in [0.2, 0.25) is 0 Å². The van der Waals surface area contributed by atoms with Crippen molar-refractivity contribution in [2.45, 2.75) is 0 Å². The molecular weight excluding hydrogens is 341 g/mol. The Morgan fingerprint density at radius 3 is 2.78 bits per heavy atom. The van der Waals surface area contributed by atoms with Crippen LogP contribution in [0.2, 0.25) is 10.0 Å². The molecule has 0 aliphatic carbocycles. The summed E-state index contributed by atoms with van der Waals surface area (Å²) < 4.78 is 6.09. The summed E-state index contributed by atoms with van der Waals surface area (Å²) in [7, 11) is 0. The van der Waals surface area contributed by atoms with E-state index in [0.29, 0.717) is 20.3 Å². The highest BCUT2D eigenvalue weighted by Gasteiger charge is 2.11. The maximum atomic E-state index is 8.90. The molecule has 18 heavy (non-hydrogen) atoms. The summed E-state index contributed by atoms with van der Waals surface area (Å²) in [6, 6.07) is 6.58. The van der Waals surface area contributed by atoms with Crippen LogP contribution in [0, 0.1) is 11.3 Å². The van der Waals surface area contributed by atoms with Crippen LogP contribution in [0.1, 0.15) is 5.56 Å². The molecule has 0 aliphatic rings. The van der Waals surface area contributed by atoms with E-state index in [9.17, 15) is 0 Å². The Morgan fingerprint density at radius 1 is 1.28 bits per heavy atom. The zero-order valence-electron chi connectivity index (χ0n) is 8.69. The van der Waals surface area contributed by atoms with Gasteiger partial charge in [-0.25, -0.2) is 0 Å². The fraction of sp³-hybridized carbons (Fsp3) is 0. The summed E-state index contributed by atoms with van der Waals surface area (Å²) in [5.41, 5.74) is 0.264. The SMILES string of the molecule is N#Cc1ccnnc1Oc1cc(Cl)c(Br)cc1Cl. The van der Waals surface area contributed by atoms with Gasteiger partial charge in [-0.15, -0.1) is 5.10 Å². The number of aromatic nitrogens is 2. The van der Waals surface area contributed by atoms with Gasteiger partial charge in [0.15, 0.2) is 0 Å². The zero-order chi connectivity index (χ0) is 13.1. The summed E-state index contributed by atoms with van der Waals surface area (Å²) in [5, 5.41) is 17.1. The van der Waals surface area contributed by atoms with E-state index in [1.807, 2.05) is 6.07 Å². The molecule has 0 unspecified atom stereocenters. The Bertz CT molecular complexity index is 643. The van der Waals surface area contributed by atoms with Crippen LogP contribution in [0.5, 0.6) is 11.6 Å². The quantitative estimate of drug-likeness (QED) is 0.765. The van der Waals surface area contributed by atoms with Crippen molar-refractivity contribution in [3.8, 4) is 17.7 Å². The molecular formula is C11H4BrCl2N3O. The fourth-order valence-electron chi connectivity index (χ4n) is 1.17. The molecule has 0 N–H and O–H groups in total. The summed E-state index contributed by atoms with van der Waals surface area (Å²) in [6.07, 6.45) is 1.40. The van der Waals surface area contributed by atoms with Crippen LogP contribution in [-0.4, -0.2) is 10.2 Å². The first kappa shape index (κ1) is 13.1. The van der Waals surface area contributed by atoms with Crippen LogP contribution in [0.4, 0.5) is 0 Å². The Labute approximate surface area is 121 Å². The van der Waals surface area contributed by atoms with Crippen LogP contribution >= 0.6 is 39.1 Å². The van der Waals surface area contributed by atoms with Crippen molar-refractivity contribution in [2.24, 2.45) is 0 Å². The Morgan fingerprint density at radius 2 is 2.06 bits per heavy atom. The number of ether oxygens (including phenoxy) is 1. The first-order chi connectivity index (χ1) is 8.61. The molecule has 4 nitrogen and oxygen atoms in total. The molecule has 1 aromatic carbocycles. The van der Waals surface area contributed by atoms with Crippen LogP contribution in [0.15, 0.2) is 28.9 Å². The molecule has 0 radical (unpaired) electrons. The molecule has 0 spiro atoms. The van der Waals surface area contributed by atoms with E-state index >= 15 is 0 Å². The first-order valence-electron chi connectivity index (χ1n) is 4.66. The van der Waals surface area contributed by atoms with Gasteiger partial charge in [0.25, 0.3) is 5.88 Å². The number of benzene rings is 1. The molecule has 0 saturated carbocycles. The predicted octanol–water partition coefficient (Wildman–Crippen LogP) is 4.21. The normalized spacial score (nSPS) is 9.89. The second kappa shape index (κ2) is 5.53. The lowest BCUT2D eigenvalue weighted by Crippen LogP contribution is -1.94. The van der Waals surface area contributed by atoms with Crippen molar-refractivity contribution in [1.82, 2.24) is 10.2 Å². The van der Waals surface area contributed by atoms with Crippen LogP contribution in [0.3, 0.4) is 0 Å². The third-order valence-corrected chi connectivity index (χ3v) is 3.48. The van der Waals surface area contributed by atoms with Gasteiger partial charge >= 0.3 is 0 Å². The lowest BCUT2D eigenvalue weighted by molar-refractivity contribution is 0.453. The predicted molar refractivity (Wildman–Crippen MR) is 71.0 cm³/mol. The second-order valence-corrected chi connectivity index (χ2v) is 4.83. The van der Waals surface area contributed by atoms with Crippen molar-refractivity contribution in [2.75, 3.05) is 0 Å². The largest absolute Gasteiger partial charge is 0.435 e. The molecule has 0 saturated heterocycles. The molecule has 0 fully saturated rings. The molecule has 0 bridgehead atoms. The third-order valence-electron chi connectivity index (χ3n) is 1.99. The van der Waals surface area contributed by atoms with Crippen molar-refractivity contribution in [3.05, 3.63) is 44.5 Å². The van der Waals surface area contributed by atoms with Gasteiger partial charge in [0.05, 0.1) is 16.2 Å². The number of hydrogen-bond donors (Lipinski definition) is 0. The summed E-state index contributed by atoms with van der Waals surface area (Å²) in [4.78, 5) is 0. The molecule has 1 heterocycles. The van der Waals surface area contributed by atoms with Crippen LogP contribution in [0.25, 0.3) is 0 Å². The molecule has 2 rings (SSSR count). The molecule has 0 atom stereocenters. The second-order valence-electron chi connectivity index (χ2n) is 3.16. The smallest absolute Gasteiger partial charge is 0.257 e. The lowest BCUT2D eigenvalue weighted by atomic mass is 10.3. The number of nitrogens with zero attached hydrogens (tertiary/aromatic N) is 3. The first-order valence-corrected chi connectivity index (χ1v) is 6.21. The minimum Gasteiger partial charge on any atom is -0.435 e. The molecule has 7 heteroatoms. The van der Waals surface area contributed by atoms with E-state index in [0.717, 1.165) is 0 Å². The minimum absolute atomic E-state index is 0.0836. The van der Waals surface area contributed by atoms with Gasteiger partial charge in [-0.2, -0.15) is 10.4 Å². The zero-order valence-corrected chi connectivity index (χ0v) is 11.8. The van der Waals surface area contributed by atoms with Gasteiger partial charge in [0.1, 0.15) is 17.4 Å². The fourth-order valence-corrected chi connectivity index (χ4v) is 2.00. The highest BCUT2D eigenvalue weighted by atomic mass is 79.9. The monoisotopic (exact) mass is 343 g/mol. The number of hydrogen-bond acceptors (Lipinski definition) is 4. The van der Waals surface area contributed by atoms with E-state index in [1.54, 1.807) is 6.07 Å². The van der Waals surface area contributed by atoms with Gasteiger partial charge in [-0.1, -0.05) is 23.2 Å². The van der Waals surface area contributed by atoms with Crippen molar-refractivity contribution in [1.29, 1.82) is 5.26 Å². The van der Waals surface area contributed by atoms with E-state index in [1.165, 1.54) is 18.3 Å². The number of nitriles is 1. The topological polar surface area (TPSA) is 58.8 Å². The minimum atomic E-state index is 0.0836. The van der Waals surface area contributed by atoms with Crippen LogP contribution in [-0.2, 0) is 0 Å². The molecule has 2 aromatic rings. The van der Waals surface area contributed by atoms with Crippen LogP contribution < -0.4 is 4.74 Å². The van der Waals surface area contributed by atoms with E-state index in [-0.39, 0.29) is 11.4 Å². The Balaban J connectivity index is 2.41. The highest BCUT2D eigenvalue weighted by molar-refractivity contribution is 9.10. The molecule has 0 aliphatic heterocycles. The van der Waals surface area contributed by atoms with Crippen molar-refractivity contribution < 1.29 is 4.74 Å². The van der Waals surface area contributed by atoms with Gasteiger partial charge < -0.3 is 4.74 Å². The Hall–Kier alpha value is -1.35. The summed E-state index contributed by atoms with van der Waals surface area (Å²) in [5.74, 6) is 0.391. The molecule has 0 amide bonds. The third kappa shape index (κ3) is 2.72. The van der Waals surface area contributed by atoms with Gasteiger partial charge in [-0.3, -0.25) is 0 Å². The average Bonchev–Trinajstić information content (AvgIpc) is 2.36. The van der Waals surface area contributed by atoms with E-state index in [4.69, 9.17) is 33.2 Å². The number of rotatable bonds is 2. The average molecular weight is 345 g/mol. The standard InChI is InChI=1S/C11H4BrCl2N3O/c12-7-3-9(14)10(4-8(7)13)18-11-6(5-15)1-2-16-17-11/h1-4H. The summed E-state index contributed by atoms with van der Waals surface area (Å²) in [6.45, 7) is 0. The number of halogens is 3. The highest BCUT2D eigenvalue weighted by Crippen LogP contribution is 2.36. The van der Waals surface area contributed by atoms with Gasteiger partial charge in [0, 0.05) is 10.5 Å². The lowest BCUT2D eigenvalue weighted by Gasteiger charge is -2.08. The van der Waals surface area contributed by atoms with Gasteiger partial charge in [-0.05, 0) is 28.1 Å². The molecule has 90 valence electrons. The van der Waals surface area contributed by atoms with Crippen molar-refractivity contribution >= 4 is 39.1 Å². The maximum Gasteiger partial charge on any atom is 0.257 e. The van der Waals surface area contributed by atoms with E-state index < -0.39 is 0 Å². The maximum absolute atomic E-state index is 8.90. The van der Waals surface area contributed by atoms with Crippen molar-refractivity contribution in [3.63, 3.8) is 0 Å². The molecule has 1 aromatic heterocycles. The van der Waals surface area contributed by atoms with E-state index in [2.05, 4.69) is 26.1 Å². The Kier molecular flexibility index (Phi) is 4.02. The summed E-state index contributed by atoms with van der Waals surface area (Å²) >= 11 is 15.2.